The van der Waals surface area contributed by atoms with Gasteiger partial charge in [0.05, 0.1) is 6.54 Å². The van der Waals surface area contributed by atoms with Gasteiger partial charge in [-0.15, -0.1) is 0 Å². The average Bonchev–Trinajstić information content (AvgIpc) is 2.87. The number of aromatic amines is 1. The van der Waals surface area contributed by atoms with Crippen LogP contribution in [0.4, 0.5) is 4.79 Å². The minimum atomic E-state index is -0.542. The van der Waals surface area contributed by atoms with E-state index in [-0.39, 0.29) is 12.0 Å². The van der Waals surface area contributed by atoms with E-state index in [0.717, 1.165) is 17.8 Å². The Hall–Kier alpha value is -2.09. The Labute approximate surface area is 142 Å². The van der Waals surface area contributed by atoms with Crippen LogP contribution < -0.4 is 5.32 Å². The smallest absolute Gasteiger partial charge is 0.410 e. The van der Waals surface area contributed by atoms with Crippen molar-refractivity contribution in [2.45, 2.75) is 39.3 Å². The molecule has 24 heavy (non-hydrogen) atoms. The van der Waals surface area contributed by atoms with Gasteiger partial charge in [-0.1, -0.05) is 0 Å². The van der Waals surface area contributed by atoms with E-state index in [1.165, 1.54) is 0 Å². The minimum absolute atomic E-state index is 0.222. The van der Waals surface area contributed by atoms with E-state index in [1.54, 1.807) is 4.90 Å². The topological polar surface area (TPSA) is 90.6 Å². The molecular weight excluding hydrogens is 310 g/mol. The van der Waals surface area contributed by atoms with Gasteiger partial charge in [0.15, 0.2) is 5.69 Å². The number of nitrogens with zero attached hydrogens (tertiary/aromatic N) is 3. The number of fused-ring (bicyclic) bond motifs is 1. The molecule has 0 aliphatic carbocycles. The van der Waals surface area contributed by atoms with Crippen molar-refractivity contribution >= 4 is 12.0 Å². The highest BCUT2D eigenvalue weighted by molar-refractivity contribution is 5.94. The van der Waals surface area contributed by atoms with Crippen molar-refractivity contribution in [3.8, 4) is 0 Å². The summed E-state index contributed by atoms with van der Waals surface area (Å²) >= 11 is 0. The van der Waals surface area contributed by atoms with Crippen LogP contribution in [0.15, 0.2) is 0 Å². The normalized spacial score (nSPS) is 14.5. The highest BCUT2D eigenvalue weighted by atomic mass is 16.6. The predicted octanol–water partition coefficient (Wildman–Crippen LogP) is 0.994. The Morgan fingerprint density at radius 3 is 2.71 bits per heavy atom. The molecule has 8 heteroatoms. The van der Waals surface area contributed by atoms with Crippen LogP contribution in [0.2, 0.25) is 0 Å². The van der Waals surface area contributed by atoms with Crippen LogP contribution in [0.3, 0.4) is 0 Å². The van der Waals surface area contributed by atoms with Gasteiger partial charge in [0, 0.05) is 37.3 Å². The Kier molecular flexibility index (Phi) is 5.48. The monoisotopic (exact) mass is 337 g/mol. The number of aromatic nitrogens is 2. The molecule has 1 aliphatic rings. The fraction of sp³-hybridized carbons (Fsp3) is 0.688. The van der Waals surface area contributed by atoms with E-state index in [2.05, 4.69) is 15.5 Å². The Morgan fingerprint density at radius 1 is 1.38 bits per heavy atom. The molecule has 1 aromatic heterocycles. The first-order valence-electron chi connectivity index (χ1n) is 8.14. The lowest BCUT2D eigenvalue weighted by atomic mass is 10.1. The van der Waals surface area contributed by atoms with Crippen LogP contribution in [0.25, 0.3) is 0 Å². The summed E-state index contributed by atoms with van der Waals surface area (Å²) in [4.78, 5) is 28.2. The van der Waals surface area contributed by atoms with Crippen LogP contribution in [0.1, 0.15) is 42.5 Å². The number of rotatable bonds is 4. The molecule has 0 saturated heterocycles. The number of carbonyl (C=O) groups is 2. The van der Waals surface area contributed by atoms with Gasteiger partial charge in [0.2, 0.25) is 0 Å². The van der Waals surface area contributed by atoms with Gasteiger partial charge in [-0.05, 0) is 34.9 Å². The Morgan fingerprint density at radius 2 is 2.08 bits per heavy atom. The number of ether oxygens (including phenoxy) is 1. The molecule has 8 nitrogen and oxygen atoms in total. The van der Waals surface area contributed by atoms with Gasteiger partial charge in [-0.3, -0.25) is 9.89 Å². The molecule has 2 N–H and O–H groups in total. The van der Waals surface area contributed by atoms with Crippen LogP contribution in [-0.4, -0.2) is 71.3 Å². The zero-order chi connectivity index (χ0) is 17.9. The average molecular weight is 337 g/mol. The summed E-state index contributed by atoms with van der Waals surface area (Å²) in [6.07, 6.45) is 0.264. The van der Waals surface area contributed by atoms with Crippen LogP contribution >= 0.6 is 0 Å². The number of hydrogen-bond donors (Lipinski definition) is 2. The van der Waals surface area contributed by atoms with E-state index >= 15 is 0 Å². The van der Waals surface area contributed by atoms with Crippen molar-refractivity contribution < 1.29 is 14.3 Å². The van der Waals surface area contributed by atoms with Gasteiger partial charge in [-0.2, -0.15) is 5.10 Å². The quantitative estimate of drug-likeness (QED) is 0.855. The van der Waals surface area contributed by atoms with Crippen molar-refractivity contribution in [3.63, 3.8) is 0 Å². The molecule has 1 aliphatic heterocycles. The molecular formula is C16H27N5O3. The summed E-state index contributed by atoms with van der Waals surface area (Å²) in [6.45, 7) is 7.68. The van der Waals surface area contributed by atoms with Gasteiger partial charge in [0.25, 0.3) is 5.91 Å². The predicted molar refractivity (Wildman–Crippen MR) is 89.8 cm³/mol. The van der Waals surface area contributed by atoms with Gasteiger partial charge < -0.3 is 19.9 Å². The summed E-state index contributed by atoms with van der Waals surface area (Å²) < 4.78 is 5.41. The molecule has 0 spiro atoms. The molecule has 0 atom stereocenters. The number of likely N-dealkylation sites (N-methyl/N-ethyl adjacent to an activating group) is 1. The number of amides is 2. The number of hydrogen-bond acceptors (Lipinski definition) is 5. The van der Waals surface area contributed by atoms with Crippen molar-refractivity contribution in [2.24, 2.45) is 0 Å². The summed E-state index contributed by atoms with van der Waals surface area (Å²) in [5.41, 5.74) is 1.50. The maximum atomic E-state index is 12.3. The minimum Gasteiger partial charge on any atom is -0.444 e. The van der Waals surface area contributed by atoms with Crippen molar-refractivity contribution in [3.05, 3.63) is 17.0 Å². The highest BCUT2D eigenvalue weighted by Gasteiger charge is 2.30. The lowest BCUT2D eigenvalue weighted by Crippen LogP contribution is -2.40. The van der Waals surface area contributed by atoms with Gasteiger partial charge in [-0.25, -0.2) is 4.79 Å². The third-order valence-electron chi connectivity index (χ3n) is 3.64. The third kappa shape index (κ3) is 4.70. The number of nitrogens with one attached hydrogen (secondary N) is 2. The summed E-state index contributed by atoms with van der Waals surface area (Å²) in [5, 5.41) is 9.90. The van der Waals surface area contributed by atoms with Crippen molar-refractivity contribution in [1.29, 1.82) is 0 Å². The molecule has 0 aromatic carbocycles. The van der Waals surface area contributed by atoms with Crippen LogP contribution in [0, 0.1) is 0 Å². The maximum absolute atomic E-state index is 12.3. The lowest BCUT2D eigenvalue weighted by molar-refractivity contribution is 0.0222. The first kappa shape index (κ1) is 18.3. The van der Waals surface area contributed by atoms with Gasteiger partial charge in [0.1, 0.15) is 5.60 Å². The first-order valence-corrected chi connectivity index (χ1v) is 8.14. The van der Waals surface area contributed by atoms with Crippen molar-refractivity contribution in [2.75, 3.05) is 33.7 Å². The lowest BCUT2D eigenvalue weighted by Gasteiger charge is -2.30. The van der Waals surface area contributed by atoms with E-state index in [4.69, 9.17) is 4.74 Å². The maximum Gasteiger partial charge on any atom is 0.410 e. The van der Waals surface area contributed by atoms with E-state index in [1.807, 2.05) is 39.8 Å². The zero-order valence-electron chi connectivity index (χ0n) is 15.1. The molecule has 2 rings (SSSR count). The summed E-state index contributed by atoms with van der Waals surface area (Å²) in [6, 6.07) is 0. The standard InChI is InChI=1S/C16H27N5O3/c1-16(2,3)24-15(23)21-8-6-12-11(10-21)13(19-18-12)14(22)17-7-9-20(4)5/h6-10H2,1-5H3,(H,17,22)(H,18,19). The van der Waals surface area contributed by atoms with E-state index < -0.39 is 5.60 Å². The molecule has 134 valence electrons. The van der Waals surface area contributed by atoms with Gasteiger partial charge >= 0.3 is 6.09 Å². The second-order valence-electron chi connectivity index (χ2n) is 7.24. The van der Waals surface area contributed by atoms with E-state index in [9.17, 15) is 9.59 Å². The molecule has 0 saturated carbocycles. The van der Waals surface area contributed by atoms with Crippen molar-refractivity contribution in [1.82, 2.24) is 25.3 Å². The Bertz CT molecular complexity index is 603. The Balaban J connectivity index is 2.03. The molecule has 0 fully saturated rings. The fourth-order valence-corrected chi connectivity index (χ4v) is 2.44. The second kappa shape index (κ2) is 7.21. The number of carbonyl (C=O) groups excluding carboxylic acids is 2. The van der Waals surface area contributed by atoms with Crippen LogP contribution in [-0.2, 0) is 17.7 Å². The third-order valence-corrected chi connectivity index (χ3v) is 3.64. The van der Waals surface area contributed by atoms with Crippen LogP contribution in [0.5, 0.6) is 0 Å². The molecule has 2 amide bonds. The second-order valence-corrected chi connectivity index (χ2v) is 7.24. The molecule has 0 radical (unpaired) electrons. The number of H-pyrrole nitrogens is 1. The SMILES string of the molecule is CN(C)CCNC(=O)c1n[nH]c2c1CN(C(=O)OC(C)(C)C)CC2. The largest absolute Gasteiger partial charge is 0.444 e. The fourth-order valence-electron chi connectivity index (χ4n) is 2.44. The first-order chi connectivity index (χ1) is 11.2. The molecule has 0 bridgehead atoms. The molecule has 2 heterocycles. The summed E-state index contributed by atoms with van der Waals surface area (Å²) in [5.74, 6) is -0.222. The zero-order valence-corrected chi connectivity index (χ0v) is 15.1. The molecule has 0 unspecified atom stereocenters. The highest BCUT2D eigenvalue weighted by Crippen LogP contribution is 2.22. The summed E-state index contributed by atoms with van der Waals surface area (Å²) in [7, 11) is 3.89. The molecule has 1 aromatic rings. The van der Waals surface area contributed by atoms with E-state index in [0.29, 0.717) is 31.7 Å².